The summed E-state index contributed by atoms with van der Waals surface area (Å²) in [5, 5.41) is 4.34. The Labute approximate surface area is 114 Å². The zero-order chi connectivity index (χ0) is 12.6. The largest absolute Gasteiger partial charge is 0.373 e. The van der Waals surface area contributed by atoms with Crippen molar-refractivity contribution < 1.29 is 4.74 Å². The molecule has 0 aromatic carbocycles. The van der Waals surface area contributed by atoms with Crippen LogP contribution in [0.1, 0.15) is 56.7 Å². The van der Waals surface area contributed by atoms with Crippen LogP contribution in [0.4, 0.5) is 5.13 Å². The van der Waals surface area contributed by atoms with Gasteiger partial charge in [-0.05, 0) is 19.3 Å². The molecule has 0 aliphatic heterocycles. The maximum Gasteiger partial charge on any atom is 0.182 e. The average Bonchev–Trinajstić information content (AvgIpc) is 2.68. The van der Waals surface area contributed by atoms with Gasteiger partial charge in [-0.3, -0.25) is 0 Å². The number of nitrogens with one attached hydrogen (secondary N) is 1. The zero-order valence-corrected chi connectivity index (χ0v) is 12.1. The summed E-state index contributed by atoms with van der Waals surface area (Å²) in [6, 6.07) is 0. The molecule has 1 aromatic rings. The molecular formula is C14H24N2OS. The van der Waals surface area contributed by atoms with Gasteiger partial charge in [0.1, 0.15) is 0 Å². The van der Waals surface area contributed by atoms with E-state index in [0.717, 1.165) is 24.7 Å². The minimum Gasteiger partial charge on any atom is -0.373 e. The first kappa shape index (κ1) is 13.8. The third-order valence-electron chi connectivity index (χ3n) is 3.34. The molecule has 1 N–H and O–H groups in total. The smallest absolute Gasteiger partial charge is 0.182 e. The van der Waals surface area contributed by atoms with Gasteiger partial charge in [0.05, 0.1) is 17.6 Å². The van der Waals surface area contributed by atoms with Crippen molar-refractivity contribution in [3.8, 4) is 0 Å². The first-order valence-electron chi connectivity index (χ1n) is 7.18. The Balaban J connectivity index is 1.73. The minimum absolute atomic E-state index is 0.474. The highest BCUT2D eigenvalue weighted by Crippen LogP contribution is 2.23. The second-order valence-corrected chi connectivity index (χ2v) is 6.10. The predicted molar refractivity (Wildman–Crippen MR) is 77.2 cm³/mol. The molecule has 0 bridgehead atoms. The molecule has 1 aliphatic rings. The van der Waals surface area contributed by atoms with Gasteiger partial charge < -0.3 is 10.1 Å². The molecule has 1 heterocycles. The molecule has 1 fully saturated rings. The van der Waals surface area contributed by atoms with Gasteiger partial charge in [0.25, 0.3) is 0 Å². The maximum absolute atomic E-state index is 6.01. The van der Waals surface area contributed by atoms with Crippen molar-refractivity contribution in [2.24, 2.45) is 0 Å². The Morgan fingerprint density at radius 3 is 2.83 bits per heavy atom. The maximum atomic E-state index is 6.01. The second-order valence-electron chi connectivity index (χ2n) is 4.98. The summed E-state index contributed by atoms with van der Waals surface area (Å²) in [4.78, 5) is 5.60. The first-order chi connectivity index (χ1) is 8.88. The lowest BCUT2D eigenvalue weighted by Gasteiger charge is -2.14. The van der Waals surface area contributed by atoms with Crippen LogP contribution in [-0.2, 0) is 11.3 Å². The summed E-state index contributed by atoms with van der Waals surface area (Å²) in [6.07, 6.45) is 11.4. The van der Waals surface area contributed by atoms with Gasteiger partial charge in [0.2, 0.25) is 0 Å². The van der Waals surface area contributed by atoms with Gasteiger partial charge in [-0.15, -0.1) is 0 Å². The highest BCUT2D eigenvalue weighted by molar-refractivity contribution is 7.15. The molecule has 4 heteroatoms. The van der Waals surface area contributed by atoms with Gasteiger partial charge in [-0.25, -0.2) is 4.98 Å². The van der Waals surface area contributed by atoms with E-state index in [4.69, 9.17) is 4.74 Å². The lowest BCUT2D eigenvalue weighted by atomic mass is 10.1. The lowest BCUT2D eigenvalue weighted by molar-refractivity contribution is 0.0324. The van der Waals surface area contributed by atoms with E-state index in [1.165, 1.54) is 43.4 Å². The first-order valence-corrected chi connectivity index (χ1v) is 8.00. The van der Waals surface area contributed by atoms with Crippen LogP contribution in [0.15, 0.2) is 6.20 Å². The summed E-state index contributed by atoms with van der Waals surface area (Å²) in [7, 11) is 0. The van der Waals surface area contributed by atoms with E-state index in [9.17, 15) is 0 Å². The Kier molecular flexibility index (Phi) is 5.94. The second kappa shape index (κ2) is 7.74. The molecule has 18 heavy (non-hydrogen) atoms. The summed E-state index contributed by atoms with van der Waals surface area (Å²) >= 11 is 1.72. The molecular weight excluding hydrogens is 244 g/mol. The number of hydrogen-bond donors (Lipinski definition) is 1. The van der Waals surface area contributed by atoms with E-state index in [2.05, 4.69) is 17.2 Å². The molecule has 0 unspecified atom stereocenters. The van der Waals surface area contributed by atoms with Crippen LogP contribution in [0.2, 0.25) is 0 Å². The predicted octanol–water partition coefficient (Wildman–Crippen LogP) is 4.20. The van der Waals surface area contributed by atoms with Crippen molar-refractivity contribution in [2.45, 2.75) is 64.6 Å². The summed E-state index contributed by atoms with van der Waals surface area (Å²) in [5.41, 5.74) is 0. The number of ether oxygens (including phenoxy) is 1. The van der Waals surface area contributed by atoms with Crippen LogP contribution < -0.4 is 5.32 Å². The number of aromatic nitrogens is 1. The molecule has 1 aliphatic carbocycles. The molecule has 0 amide bonds. The SMILES string of the molecule is CCCNc1ncc(COC2CCCCCC2)s1. The van der Waals surface area contributed by atoms with Crippen LogP contribution in [0.5, 0.6) is 0 Å². The fourth-order valence-corrected chi connectivity index (χ4v) is 3.06. The Bertz CT molecular complexity index is 332. The van der Waals surface area contributed by atoms with E-state index >= 15 is 0 Å². The normalized spacial score (nSPS) is 17.6. The fraction of sp³-hybridized carbons (Fsp3) is 0.786. The van der Waals surface area contributed by atoms with E-state index in [0.29, 0.717) is 6.10 Å². The number of thiazole rings is 1. The summed E-state index contributed by atoms with van der Waals surface area (Å²) in [6.45, 7) is 3.89. The molecule has 0 saturated heterocycles. The topological polar surface area (TPSA) is 34.2 Å². The standard InChI is InChI=1S/C14H24N2OS/c1-2-9-15-14-16-10-13(18-14)11-17-12-7-5-3-4-6-8-12/h10,12H,2-9,11H2,1H3,(H,15,16). The highest BCUT2D eigenvalue weighted by Gasteiger charge is 2.13. The van der Waals surface area contributed by atoms with Crippen LogP contribution in [0.3, 0.4) is 0 Å². The quantitative estimate of drug-likeness (QED) is 0.785. The molecule has 1 aromatic heterocycles. The van der Waals surface area contributed by atoms with E-state index in [1.807, 2.05) is 6.20 Å². The monoisotopic (exact) mass is 268 g/mol. The van der Waals surface area contributed by atoms with Crippen LogP contribution in [0, 0.1) is 0 Å². The molecule has 0 spiro atoms. The van der Waals surface area contributed by atoms with Gasteiger partial charge >= 0.3 is 0 Å². The van der Waals surface area contributed by atoms with E-state index < -0.39 is 0 Å². The Morgan fingerprint density at radius 1 is 1.33 bits per heavy atom. The van der Waals surface area contributed by atoms with Crippen LogP contribution >= 0.6 is 11.3 Å². The third kappa shape index (κ3) is 4.58. The zero-order valence-electron chi connectivity index (χ0n) is 11.3. The van der Waals surface area contributed by atoms with E-state index in [-0.39, 0.29) is 0 Å². The van der Waals surface area contributed by atoms with Crippen LogP contribution in [-0.4, -0.2) is 17.6 Å². The summed E-state index contributed by atoms with van der Waals surface area (Å²) < 4.78 is 6.01. The van der Waals surface area contributed by atoms with Gasteiger partial charge in [0.15, 0.2) is 5.13 Å². The molecule has 3 nitrogen and oxygen atoms in total. The average molecular weight is 268 g/mol. The Hall–Kier alpha value is -0.610. The highest BCUT2D eigenvalue weighted by atomic mass is 32.1. The van der Waals surface area contributed by atoms with Crippen molar-refractivity contribution in [3.63, 3.8) is 0 Å². The van der Waals surface area contributed by atoms with E-state index in [1.54, 1.807) is 11.3 Å². The van der Waals surface area contributed by atoms with Crippen molar-refractivity contribution in [3.05, 3.63) is 11.1 Å². The molecule has 102 valence electrons. The molecule has 0 radical (unpaired) electrons. The summed E-state index contributed by atoms with van der Waals surface area (Å²) in [5.74, 6) is 0. The number of rotatable bonds is 6. The van der Waals surface area contributed by atoms with Crippen molar-refractivity contribution in [1.82, 2.24) is 4.98 Å². The van der Waals surface area contributed by atoms with Gasteiger partial charge in [-0.1, -0.05) is 43.9 Å². The molecule has 2 rings (SSSR count). The number of anilines is 1. The van der Waals surface area contributed by atoms with Gasteiger partial charge in [-0.2, -0.15) is 0 Å². The number of hydrogen-bond acceptors (Lipinski definition) is 4. The molecule has 0 atom stereocenters. The minimum atomic E-state index is 0.474. The third-order valence-corrected chi connectivity index (χ3v) is 4.27. The van der Waals surface area contributed by atoms with Crippen molar-refractivity contribution in [2.75, 3.05) is 11.9 Å². The molecule has 1 saturated carbocycles. The van der Waals surface area contributed by atoms with Crippen molar-refractivity contribution in [1.29, 1.82) is 0 Å². The van der Waals surface area contributed by atoms with Gasteiger partial charge in [0, 0.05) is 12.7 Å². The Morgan fingerprint density at radius 2 is 2.11 bits per heavy atom. The number of nitrogens with zero attached hydrogens (tertiary/aromatic N) is 1. The van der Waals surface area contributed by atoms with Crippen LogP contribution in [0.25, 0.3) is 0 Å². The fourth-order valence-electron chi connectivity index (χ4n) is 2.30. The van der Waals surface area contributed by atoms with Crippen molar-refractivity contribution >= 4 is 16.5 Å². The lowest BCUT2D eigenvalue weighted by Crippen LogP contribution is -2.10.